The molecule has 5 rings (SSSR count). The van der Waals surface area contributed by atoms with Gasteiger partial charge in [-0.1, -0.05) is 50.2 Å². The number of anilines is 2. The van der Waals surface area contributed by atoms with Crippen molar-refractivity contribution >= 4 is 35.3 Å². The highest BCUT2D eigenvalue weighted by Gasteiger charge is 2.44. The highest BCUT2D eigenvalue weighted by atomic mass is 16.2. The molecule has 3 heterocycles. The first-order valence-corrected chi connectivity index (χ1v) is 17.4. The zero-order valence-electron chi connectivity index (χ0n) is 29.0. The SMILES string of the molecule is CCc1ccc(NC(=O)CN(Cc2ccccc2CNC)C(=O)C2(CC)CCN(C(=O)N3CCC3)CC2)cc1CC(=O)Nc1ccccn1. The molecule has 2 aliphatic heterocycles. The van der Waals surface area contributed by atoms with Crippen LogP contribution >= 0.6 is 0 Å². The number of benzene rings is 2. The van der Waals surface area contributed by atoms with Crippen molar-refractivity contribution in [2.24, 2.45) is 5.41 Å². The molecule has 0 bridgehead atoms. The predicted molar refractivity (Wildman–Crippen MR) is 191 cm³/mol. The minimum absolute atomic E-state index is 0.0586. The molecular formula is C38H49N7O4. The van der Waals surface area contributed by atoms with Gasteiger partial charge in [-0.25, -0.2) is 9.78 Å². The smallest absolute Gasteiger partial charge is 0.320 e. The molecule has 0 saturated carbocycles. The Morgan fingerprint density at radius 3 is 2.16 bits per heavy atom. The molecule has 3 N–H and O–H groups in total. The van der Waals surface area contributed by atoms with E-state index in [1.165, 1.54) is 0 Å². The molecule has 0 atom stereocenters. The first-order chi connectivity index (χ1) is 23.7. The summed E-state index contributed by atoms with van der Waals surface area (Å²) in [5, 5.41) is 9.03. The Kier molecular flexibility index (Phi) is 12.0. The summed E-state index contributed by atoms with van der Waals surface area (Å²) >= 11 is 0. The number of carbonyl (C=O) groups is 4. The Bertz CT molecular complexity index is 1620. The quantitative estimate of drug-likeness (QED) is 0.240. The summed E-state index contributed by atoms with van der Waals surface area (Å²) in [6.07, 6.45) is 5.25. The second-order valence-electron chi connectivity index (χ2n) is 13.0. The molecule has 0 aliphatic carbocycles. The minimum Gasteiger partial charge on any atom is -0.329 e. The summed E-state index contributed by atoms with van der Waals surface area (Å²) in [5.74, 6) is -0.0939. The highest BCUT2D eigenvalue weighted by molar-refractivity contribution is 5.96. The van der Waals surface area contributed by atoms with Crippen LogP contribution in [0, 0.1) is 5.41 Å². The van der Waals surface area contributed by atoms with Crippen molar-refractivity contribution < 1.29 is 19.2 Å². The number of nitrogens with zero attached hydrogens (tertiary/aromatic N) is 4. The minimum atomic E-state index is -0.666. The van der Waals surface area contributed by atoms with E-state index in [4.69, 9.17) is 0 Å². The Morgan fingerprint density at radius 1 is 0.816 bits per heavy atom. The van der Waals surface area contributed by atoms with Gasteiger partial charge in [0, 0.05) is 51.2 Å². The third-order valence-electron chi connectivity index (χ3n) is 9.87. The second kappa shape index (κ2) is 16.6. The summed E-state index contributed by atoms with van der Waals surface area (Å²) in [6.45, 7) is 7.48. The number of pyridine rings is 1. The van der Waals surface area contributed by atoms with Crippen LogP contribution in [0.15, 0.2) is 66.9 Å². The zero-order valence-corrected chi connectivity index (χ0v) is 29.0. The number of carbonyl (C=O) groups excluding carboxylic acids is 4. The van der Waals surface area contributed by atoms with E-state index in [0.717, 1.165) is 48.2 Å². The van der Waals surface area contributed by atoms with Crippen LogP contribution in [0.3, 0.4) is 0 Å². The van der Waals surface area contributed by atoms with Crippen LogP contribution in [0.4, 0.5) is 16.3 Å². The average molecular weight is 668 g/mol. The fourth-order valence-electron chi connectivity index (χ4n) is 6.75. The molecule has 49 heavy (non-hydrogen) atoms. The fourth-order valence-corrected chi connectivity index (χ4v) is 6.75. The van der Waals surface area contributed by atoms with E-state index in [-0.39, 0.29) is 43.3 Å². The lowest BCUT2D eigenvalue weighted by Crippen LogP contribution is -2.56. The maximum absolute atomic E-state index is 14.6. The van der Waals surface area contributed by atoms with E-state index in [9.17, 15) is 19.2 Å². The molecule has 5 amide bonds. The van der Waals surface area contributed by atoms with Crippen LogP contribution in [0.5, 0.6) is 0 Å². The normalized spacial score (nSPS) is 15.2. The van der Waals surface area contributed by atoms with Gasteiger partial charge < -0.3 is 30.7 Å². The average Bonchev–Trinajstić information content (AvgIpc) is 3.08. The number of aryl methyl sites for hydroxylation is 1. The van der Waals surface area contributed by atoms with Crippen LogP contribution in [-0.2, 0) is 40.3 Å². The summed E-state index contributed by atoms with van der Waals surface area (Å²) < 4.78 is 0. The maximum atomic E-state index is 14.6. The number of hydrogen-bond donors (Lipinski definition) is 3. The van der Waals surface area contributed by atoms with E-state index >= 15 is 0 Å². The monoisotopic (exact) mass is 667 g/mol. The lowest BCUT2D eigenvalue weighted by Gasteiger charge is -2.45. The molecule has 0 radical (unpaired) electrons. The van der Waals surface area contributed by atoms with Crippen LogP contribution in [0.1, 0.15) is 61.8 Å². The van der Waals surface area contributed by atoms with Gasteiger partial charge in [-0.2, -0.15) is 0 Å². The number of urea groups is 1. The van der Waals surface area contributed by atoms with Gasteiger partial charge in [0.05, 0.1) is 11.8 Å². The molecule has 2 fully saturated rings. The summed E-state index contributed by atoms with van der Waals surface area (Å²) in [6, 6.07) is 19.0. The summed E-state index contributed by atoms with van der Waals surface area (Å²) in [5.41, 5.74) is 3.76. The van der Waals surface area contributed by atoms with Crippen molar-refractivity contribution in [3.8, 4) is 0 Å². The van der Waals surface area contributed by atoms with Crippen LogP contribution in [0.2, 0.25) is 0 Å². The molecule has 1 aromatic heterocycles. The third kappa shape index (κ3) is 8.83. The number of rotatable bonds is 13. The number of nitrogens with one attached hydrogen (secondary N) is 3. The van der Waals surface area contributed by atoms with Crippen LogP contribution in [0.25, 0.3) is 0 Å². The lowest BCUT2D eigenvalue weighted by atomic mass is 9.74. The summed E-state index contributed by atoms with van der Waals surface area (Å²) in [4.78, 5) is 63.7. The van der Waals surface area contributed by atoms with Gasteiger partial charge >= 0.3 is 6.03 Å². The number of aromatic nitrogens is 1. The van der Waals surface area contributed by atoms with Gasteiger partial charge in [0.1, 0.15) is 12.4 Å². The second-order valence-corrected chi connectivity index (χ2v) is 13.0. The van der Waals surface area contributed by atoms with Crippen molar-refractivity contribution in [2.45, 2.75) is 65.5 Å². The summed E-state index contributed by atoms with van der Waals surface area (Å²) in [7, 11) is 1.88. The van der Waals surface area contributed by atoms with Crippen molar-refractivity contribution in [3.63, 3.8) is 0 Å². The number of piperidine rings is 1. The van der Waals surface area contributed by atoms with Gasteiger partial charge in [0.15, 0.2) is 0 Å². The van der Waals surface area contributed by atoms with Gasteiger partial charge in [-0.15, -0.1) is 0 Å². The molecule has 11 nitrogen and oxygen atoms in total. The number of amides is 5. The fraction of sp³-hybridized carbons (Fsp3) is 0.447. The lowest BCUT2D eigenvalue weighted by molar-refractivity contribution is -0.147. The molecule has 2 aliphatic rings. The Labute approximate surface area is 289 Å². The topological polar surface area (TPSA) is 127 Å². The molecule has 260 valence electrons. The van der Waals surface area contributed by atoms with E-state index in [2.05, 4.69) is 20.9 Å². The van der Waals surface area contributed by atoms with Crippen molar-refractivity contribution in [1.29, 1.82) is 0 Å². The Morgan fingerprint density at radius 2 is 1.53 bits per heavy atom. The Balaban J connectivity index is 1.32. The van der Waals surface area contributed by atoms with Crippen LogP contribution < -0.4 is 16.0 Å². The van der Waals surface area contributed by atoms with E-state index in [1.54, 1.807) is 23.2 Å². The Hall–Kier alpha value is -4.77. The maximum Gasteiger partial charge on any atom is 0.320 e. The van der Waals surface area contributed by atoms with Crippen LogP contribution in [-0.4, -0.2) is 83.2 Å². The number of hydrogen-bond acceptors (Lipinski definition) is 6. The zero-order chi connectivity index (χ0) is 34.8. The van der Waals surface area contributed by atoms with E-state index in [0.29, 0.717) is 50.4 Å². The first kappa shape index (κ1) is 35.5. The van der Waals surface area contributed by atoms with E-state index < -0.39 is 5.41 Å². The molecule has 0 spiro atoms. The molecule has 3 aromatic rings. The van der Waals surface area contributed by atoms with Crippen molar-refractivity contribution in [1.82, 2.24) is 25.0 Å². The van der Waals surface area contributed by atoms with Gasteiger partial charge in [0.2, 0.25) is 17.7 Å². The highest BCUT2D eigenvalue weighted by Crippen LogP contribution is 2.38. The molecular weight excluding hydrogens is 618 g/mol. The van der Waals surface area contributed by atoms with Crippen molar-refractivity contribution in [3.05, 3.63) is 89.1 Å². The molecule has 2 saturated heterocycles. The van der Waals surface area contributed by atoms with Crippen molar-refractivity contribution in [2.75, 3.05) is 50.4 Å². The third-order valence-corrected chi connectivity index (χ3v) is 9.87. The predicted octanol–water partition coefficient (Wildman–Crippen LogP) is 4.83. The van der Waals surface area contributed by atoms with E-state index in [1.807, 2.05) is 79.2 Å². The van der Waals surface area contributed by atoms with Gasteiger partial charge in [0.25, 0.3) is 0 Å². The molecule has 11 heteroatoms. The standard InChI is InChI=1S/C38H49N7O4/c1-4-28-14-15-32(23-31(28)24-34(46)42-33-13-8-9-18-40-33)41-35(47)27-45(26-30-12-7-6-11-29(30)25-39-3)36(48)38(5-2)16-21-44(22-17-38)37(49)43-19-10-20-43/h6-9,11-15,18,23,39H,4-5,10,16-17,19-22,24-27H2,1-3H3,(H,41,47)(H,40,42,46). The van der Waals surface area contributed by atoms with Gasteiger partial charge in [-0.3, -0.25) is 14.4 Å². The largest absolute Gasteiger partial charge is 0.329 e. The number of likely N-dealkylation sites (tertiary alicyclic amines) is 2. The molecule has 0 unspecified atom stereocenters. The molecule has 2 aromatic carbocycles. The van der Waals surface area contributed by atoms with Gasteiger partial charge in [-0.05, 0) is 85.7 Å². The first-order valence-electron chi connectivity index (χ1n) is 17.4.